The number of thioether (sulfide) groups is 1. The van der Waals surface area contributed by atoms with Gasteiger partial charge in [0.05, 0.1) is 29.6 Å². The number of nitrogens with one attached hydrogen (secondary N) is 1. The molecule has 0 saturated carbocycles. The maximum absolute atomic E-state index is 12.4. The van der Waals surface area contributed by atoms with Crippen LogP contribution in [0.5, 0.6) is 5.75 Å². The summed E-state index contributed by atoms with van der Waals surface area (Å²) in [5, 5.41) is 14.6. The van der Waals surface area contributed by atoms with Crippen molar-refractivity contribution in [1.29, 1.82) is 0 Å². The molecule has 0 saturated heterocycles. The molecule has 3 heterocycles. The minimum atomic E-state index is -0.270. The van der Waals surface area contributed by atoms with E-state index in [1.165, 1.54) is 30.2 Å². The number of hydrogen-bond acceptors (Lipinski definition) is 6. The zero-order chi connectivity index (χ0) is 21.3. The number of furan rings is 1. The third-order valence-electron chi connectivity index (χ3n) is 4.84. The summed E-state index contributed by atoms with van der Waals surface area (Å²) in [6.07, 6.45) is 3.15. The summed E-state index contributed by atoms with van der Waals surface area (Å²) < 4.78 is 7.56. The van der Waals surface area contributed by atoms with Crippen molar-refractivity contribution in [3.63, 3.8) is 0 Å². The molecule has 0 fully saturated rings. The van der Waals surface area contributed by atoms with Crippen molar-refractivity contribution >= 4 is 46.0 Å². The van der Waals surface area contributed by atoms with Gasteiger partial charge in [0.15, 0.2) is 0 Å². The highest BCUT2D eigenvalue weighted by Crippen LogP contribution is 2.32. The molecule has 7 nitrogen and oxygen atoms in total. The number of hydrogen-bond donors (Lipinski definition) is 2. The van der Waals surface area contributed by atoms with E-state index in [0.29, 0.717) is 11.6 Å². The number of aromatic hydroxyl groups is 1. The zero-order valence-electron chi connectivity index (χ0n) is 16.3. The van der Waals surface area contributed by atoms with Crippen LogP contribution in [0.2, 0.25) is 5.02 Å². The number of phenolic OH excluding ortho intramolecular Hbond substituents is 1. The normalized spacial score (nSPS) is 11.2. The lowest BCUT2D eigenvalue weighted by Crippen LogP contribution is -2.14. The summed E-state index contributed by atoms with van der Waals surface area (Å²) in [6, 6.07) is 8.28. The Kier molecular flexibility index (Phi) is 5.69. The van der Waals surface area contributed by atoms with Crippen molar-refractivity contribution < 1.29 is 14.3 Å². The van der Waals surface area contributed by atoms with Gasteiger partial charge in [-0.3, -0.25) is 4.79 Å². The Morgan fingerprint density at radius 2 is 2.13 bits per heavy atom. The van der Waals surface area contributed by atoms with Crippen molar-refractivity contribution in [3.05, 3.63) is 65.0 Å². The second-order valence-corrected chi connectivity index (χ2v) is 8.15. The first kappa shape index (κ1) is 20.3. The van der Waals surface area contributed by atoms with Crippen LogP contribution >= 0.6 is 23.4 Å². The number of nitrogens with zero attached hydrogens (tertiary/aromatic N) is 3. The molecule has 9 heteroatoms. The van der Waals surface area contributed by atoms with E-state index in [1.54, 1.807) is 12.3 Å². The zero-order valence-corrected chi connectivity index (χ0v) is 17.9. The van der Waals surface area contributed by atoms with Crippen LogP contribution in [-0.4, -0.2) is 31.3 Å². The van der Waals surface area contributed by atoms with Crippen LogP contribution in [0, 0.1) is 13.8 Å². The smallest absolute Gasteiger partial charge is 0.234 e. The summed E-state index contributed by atoms with van der Waals surface area (Å²) >= 11 is 7.25. The lowest BCUT2D eigenvalue weighted by atomic mass is 10.2. The molecule has 3 aromatic heterocycles. The van der Waals surface area contributed by atoms with Crippen LogP contribution in [-0.2, 0) is 11.3 Å². The van der Waals surface area contributed by atoms with Gasteiger partial charge in [0, 0.05) is 10.7 Å². The lowest BCUT2D eigenvalue weighted by molar-refractivity contribution is -0.113. The molecule has 0 bridgehead atoms. The van der Waals surface area contributed by atoms with E-state index in [4.69, 9.17) is 16.0 Å². The summed E-state index contributed by atoms with van der Waals surface area (Å²) in [6.45, 7) is 4.62. The fourth-order valence-electron chi connectivity index (χ4n) is 3.23. The summed E-state index contributed by atoms with van der Waals surface area (Å²) in [4.78, 5) is 21.3. The van der Waals surface area contributed by atoms with Crippen molar-refractivity contribution in [2.45, 2.75) is 25.4 Å². The number of aromatic nitrogens is 3. The van der Waals surface area contributed by atoms with Gasteiger partial charge in [-0.1, -0.05) is 23.4 Å². The molecule has 0 atom stereocenters. The highest BCUT2D eigenvalue weighted by Gasteiger charge is 2.18. The van der Waals surface area contributed by atoms with Gasteiger partial charge in [0.2, 0.25) is 5.91 Å². The van der Waals surface area contributed by atoms with E-state index in [9.17, 15) is 9.90 Å². The number of phenols is 1. The molecule has 4 rings (SSSR count). The van der Waals surface area contributed by atoms with E-state index < -0.39 is 0 Å². The van der Waals surface area contributed by atoms with Crippen molar-refractivity contribution in [2.24, 2.45) is 0 Å². The average molecular weight is 443 g/mol. The van der Waals surface area contributed by atoms with Crippen LogP contribution in [0.4, 0.5) is 5.69 Å². The maximum atomic E-state index is 12.4. The predicted molar refractivity (Wildman–Crippen MR) is 117 cm³/mol. The third kappa shape index (κ3) is 4.01. The van der Waals surface area contributed by atoms with Gasteiger partial charge in [0.25, 0.3) is 0 Å². The topological polar surface area (TPSA) is 93.2 Å². The summed E-state index contributed by atoms with van der Waals surface area (Å²) in [7, 11) is 0. The van der Waals surface area contributed by atoms with Gasteiger partial charge in [-0.2, -0.15) is 0 Å². The molecule has 154 valence electrons. The maximum Gasteiger partial charge on any atom is 0.234 e. The Labute approximate surface area is 182 Å². The number of aryl methyl sites for hydroxylation is 1. The number of benzene rings is 1. The molecule has 0 aliphatic heterocycles. The van der Waals surface area contributed by atoms with Crippen LogP contribution in [0.25, 0.3) is 11.0 Å². The van der Waals surface area contributed by atoms with Gasteiger partial charge in [-0.05, 0) is 49.7 Å². The molecule has 1 amide bonds. The Morgan fingerprint density at radius 3 is 2.90 bits per heavy atom. The first-order valence-electron chi connectivity index (χ1n) is 9.18. The van der Waals surface area contributed by atoms with Gasteiger partial charge in [-0.15, -0.1) is 0 Å². The first-order valence-corrected chi connectivity index (χ1v) is 10.5. The fraction of sp³-hybridized carbons (Fsp3) is 0.190. The number of halogens is 1. The standard InChI is InChI=1S/C21H19ClN4O3S/c1-12-13(2)26(9-15-4-3-7-29-15)20-19(12)21(24-11-23-20)30-10-18(28)25-16-8-14(22)5-6-17(16)27/h3-8,11,27H,9-10H2,1-2H3,(H,25,28). The average Bonchev–Trinajstić information content (AvgIpc) is 3.32. The van der Waals surface area contributed by atoms with Crippen LogP contribution in [0.15, 0.2) is 52.4 Å². The molecule has 4 aromatic rings. The molecule has 30 heavy (non-hydrogen) atoms. The molecular formula is C21H19ClN4O3S. The molecule has 2 N–H and O–H groups in total. The minimum absolute atomic E-state index is 0.0383. The Balaban J connectivity index is 1.56. The van der Waals surface area contributed by atoms with E-state index in [-0.39, 0.29) is 23.1 Å². The number of carbonyl (C=O) groups is 1. The SMILES string of the molecule is Cc1c(C)n(Cc2ccco2)c2ncnc(SCC(=O)Nc3cc(Cl)ccc3O)c12. The first-order chi connectivity index (χ1) is 14.4. The van der Waals surface area contributed by atoms with Gasteiger partial charge in [0.1, 0.15) is 28.5 Å². The number of rotatable bonds is 6. The molecular weight excluding hydrogens is 424 g/mol. The van der Waals surface area contributed by atoms with Gasteiger partial charge in [-0.25, -0.2) is 9.97 Å². The Morgan fingerprint density at radius 1 is 1.30 bits per heavy atom. The number of amides is 1. The van der Waals surface area contributed by atoms with Gasteiger partial charge < -0.3 is 19.4 Å². The molecule has 1 aromatic carbocycles. The third-order valence-corrected chi connectivity index (χ3v) is 6.06. The predicted octanol–water partition coefficient (Wildman–Crippen LogP) is 4.78. The van der Waals surface area contributed by atoms with Crippen molar-refractivity contribution in [3.8, 4) is 5.75 Å². The van der Waals surface area contributed by atoms with Crippen LogP contribution in [0.3, 0.4) is 0 Å². The highest BCUT2D eigenvalue weighted by atomic mass is 35.5. The van der Waals surface area contributed by atoms with Crippen molar-refractivity contribution in [1.82, 2.24) is 14.5 Å². The van der Waals surface area contributed by atoms with E-state index in [1.807, 2.05) is 26.0 Å². The number of anilines is 1. The monoisotopic (exact) mass is 442 g/mol. The lowest BCUT2D eigenvalue weighted by Gasteiger charge is -2.08. The molecule has 0 aliphatic rings. The molecule has 0 unspecified atom stereocenters. The van der Waals surface area contributed by atoms with E-state index in [0.717, 1.165) is 33.1 Å². The van der Waals surface area contributed by atoms with Crippen LogP contribution < -0.4 is 5.32 Å². The Hall–Kier alpha value is -2.97. The summed E-state index contributed by atoms with van der Waals surface area (Å²) in [5.41, 5.74) is 3.20. The quantitative estimate of drug-likeness (QED) is 0.253. The molecule has 0 radical (unpaired) electrons. The second kappa shape index (κ2) is 8.41. The summed E-state index contributed by atoms with van der Waals surface area (Å²) in [5.74, 6) is 0.654. The Bertz CT molecular complexity index is 1220. The molecule has 0 aliphatic carbocycles. The minimum Gasteiger partial charge on any atom is -0.506 e. The van der Waals surface area contributed by atoms with Gasteiger partial charge >= 0.3 is 0 Å². The van der Waals surface area contributed by atoms with E-state index in [2.05, 4.69) is 19.9 Å². The number of carbonyl (C=O) groups excluding carboxylic acids is 1. The number of fused-ring (bicyclic) bond motifs is 1. The van der Waals surface area contributed by atoms with Crippen LogP contribution in [0.1, 0.15) is 17.0 Å². The van der Waals surface area contributed by atoms with E-state index >= 15 is 0 Å². The second-order valence-electron chi connectivity index (χ2n) is 6.75. The highest BCUT2D eigenvalue weighted by molar-refractivity contribution is 8.00. The fourth-order valence-corrected chi connectivity index (χ4v) is 4.25. The largest absolute Gasteiger partial charge is 0.506 e. The van der Waals surface area contributed by atoms with Crippen molar-refractivity contribution in [2.75, 3.05) is 11.1 Å². The molecule has 0 spiro atoms.